The van der Waals surface area contributed by atoms with Crippen LogP contribution in [0.2, 0.25) is 0 Å². The molecular weight excluding hydrogens is 192 g/mol. The molecule has 0 aliphatic carbocycles. The SMILES string of the molecule is Cc1cc([C@@H](C)O)ccc1OCCCO. The van der Waals surface area contributed by atoms with Gasteiger partial charge in [0.25, 0.3) is 0 Å². The van der Waals surface area contributed by atoms with Gasteiger partial charge in [-0.05, 0) is 37.1 Å². The molecule has 0 radical (unpaired) electrons. The van der Waals surface area contributed by atoms with Gasteiger partial charge in [-0.15, -0.1) is 0 Å². The maximum absolute atomic E-state index is 9.38. The van der Waals surface area contributed by atoms with Crippen LogP contribution in [0.25, 0.3) is 0 Å². The van der Waals surface area contributed by atoms with Crippen molar-refractivity contribution in [2.24, 2.45) is 0 Å². The van der Waals surface area contributed by atoms with Crippen LogP contribution in [0.3, 0.4) is 0 Å². The largest absolute Gasteiger partial charge is 0.493 e. The number of ether oxygens (including phenoxy) is 1. The molecule has 0 aliphatic heterocycles. The Balaban J connectivity index is 2.66. The van der Waals surface area contributed by atoms with Gasteiger partial charge in [-0.25, -0.2) is 0 Å². The monoisotopic (exact) mass is 210 g/mol. The summed E-state index contributed by atoms with van der Waals surface area (Å²) in [6, 6.07) is 5.62. The Kier molecular flexibility index (Phi) is 4.59. The zero-order valence-corrected chi connectivity index (χ0v) is 9.23. The van der Waals surface area contributed by atoms with Crippen LogP contribution in [0.1, 0.15) is 30.6 Å². The molecule has 0 aromatic heterocycles. The normalized spacial score (nSPS) is 12.5. The zero-order chi connectivity index (χ0) is 11.3. The highest BCUT2D eigenvalue weighted by atomic mass is 16.5. The molecule has 0 unspecified atom stereocenters. The third-order valence-corrected chi connectivity index (χ3v) is 2.24. The predicted octanol–water partition coefficient (Wildman–Crippen LogP) is 1.81. The van der Waals surface area contributed by atoms with Gasteiger partial charge in [-0.3, -0.25) is 0 Å². The summed E-state index contributed by atoms with van der Waals surface area (Å²) >= 11 is 0. The Morgan fingerprint density at radius 3 is 2.67 bits per heavy atom. The quantitative estimate of drug-likeness (QED) is 0.729. The van der Waals surface area contributed by atoms with E-state index < -0.39 is 6.10 Å². The van der Waals surface area contributed by atoms with Gasteiger partial charge < -0.3 is 14.9 Å². The summed E-state index contributed by atoms with van der Waals surface area (Å²) < 4.78 is 5.47. The molecular formula is C12H18O3. The minimum absolute atomic E-state index is 0.144. The van der Waals surface area contributed by atoms with Crippen LogP contribution < -0.4 is 4.74 Å². The number of rotatable bonds is 5. The maximum atomic E-state index is 9.38. The van der Waals surface area contributed by atoms with Crippen molar-refractivity contribution in [1.82, 2.24) is 0 Å². The summed E-state index contributed by atoms with van der Waals surface area (Å²) in [5.41, 5.74) is 1.90. The molecule has 1 aromatic carbocycles. The molecule has 0 spiro atoms. The molecule has 1 rings (SSSR count). The molecule has 0 saturated carbocycles. The van der Waals surface area contributed by atoms with Crippen molar-refractivity contribution in [2.45, 2.75) is 26.4 Å². The summed E-state index contributed by atoms with van der Waals surface area (Å²) in [6.45, 7) is 4.34. The third kappa shape index (κ3) is 3.53. The van der Waals surface area contributed by atoms with Crippen molar-refractivity contribution in [3.05, 3.63) is 29.3 Å². The molecule has 0 aliphatic rings. The molecule has 1 aromatic rings. The first kappa shape index (κ1) is 12.0. The van der Waals surface area contributed by atoms with Gasteiger partial charge in [-0.1, -0.05) is 6.07 Å². The highest BCUT2D eigenvalue weighted by molar-refractivity contribution is 5.36. The van der Waals surface area contributed by atoms with Gasteiger partial charge in [0.1, 0.15) is 5.75 Å². The molecule has 2 N–H and O–H groups in total. The van der Waals surface area contributed by atoms with Crippen LogP contribution in [0, 0.1) is 6.92 Å². The van der Waals surface area contributed by atoms with Gasteiger partial charge in [0, 0.05) is 13.0 Å². The number of hydrogen-bond acceptors (Lipinski definition) is 3. The number of aryl methyl sites for hydroxylation is 1. The Labute approximate surface area is 90.3 Å². The lowest BCUT2D eigenvalue weighted by Crippen LogP contribution is -2.01. The second kappa shape index (κ2) is 5.73. The van der Waals surface area contributed by atoms with E-state index in [1.807, 2.05) is 25.1 Å². The average molecular weight is 210 g/mol. The first-order valence-corrected chi connectivity index (χ1v) is 5.17. The lowest BCUT2D eigenvalue weighted by Gasteiger charge is -2.11. The Morgan fingerprint density at radius 2 is 2.13 bits per heavy atom. The highest BCUT2D eigenvalue weighted by Crippen LogP contribution is 2.22. The molecule has 0 fully saturated rings. The maximum Gasteiger partial charge on any atom is 0.122 e. The number of aliphatic hydroxyl groups is 2. The van der Waals surface area contributed by atoms with Crippen molar-refractivity contribution in [2.75, 3.05) is 13.2 Å². The minimum atomic E-state index is -0.449. The van der Waals surface area contributed by atoms with Crippen LogP contribution in [0.4, 0.5) is 0 Å². The van der Waals surface area contributed by atoms with Crippen LogP contribution in [-0.2, 0) is 0 Å². The van der Waals surface area contributed by atoms with Crippen LogP contribution >= 0.6 is 0 Å². The second-order valence-corrected chi connectivity index (χ2v) is 3.63. The summed E-state index contributed by atoms with van der Waals surface area (Å²) in [6.07, 6.45) is 0.188. The lowest BCUT2D eigenvalue weighted by atomic mass is 10.1. The van der Waals surface area contributed by atoms with Crippen LogP contribution in [0.5, 0.6) is 5.75 Å². The second-order valence-electron chi connectivity index (χ2n) is 3.63. The Bertz CT molecular complexity index is 308. The number of aliphatic hydroxyl groups excluding tert-OH is 2. The molecule has 15 heavy (non-hydrogen) atoms. The van der Waals surface area contributed by atoms with Gasteiger partial charge in [0.2, 0.25) is 0 Å². The van der Waals surface area contributed by atoms with E-state index in [0.29, 0.717) is 13.0 Å². The first-order valence-electron chi connectivity index (χ1n) is 5.17. The highest BCUT2D eigenvalue weighted by Gasteiger charge is 2.04. The smallest absolute Gasteiger partial charge is 0.122 e. The number of hydrogen-bond donors (Lipinski definition) is 2. The zero-order valence-electron chi connectivity index (χ0n) is 9.23. The molecule has 0 heterocycles. The topological polar surface area (TPSA) is 49.7 Å². The molecule has 0 amide bonds. The molecule has 84 valence electrons. The molecule has 0 bridgehead atoms. The van der Waals surface area contributed by atoms with Gasteiger partial charge >= 0.3 is 0 Å². The van der Waals surface area contributed by atoms with Gasteiger partial charge in [0.15, 0.2) is 0 Å². The minimum Gasteiger partial charge on any atom is -0.493 e. The van der Waals surface area contributed by atoms with E-state index in [1.54, 1.807) is 6.92 Å². The Morgan fingerprint density at radius 1 is 1.40 bits per heavy atom. The number of benzene rings is 1. The fraction of sp³-hybridized carbons (Fsp3) is 0.500. The fourth-order valence-electron chi connectivity index (χ4n) is 1.34. The van der Waals surface area contributed by atoms with Gasteiger partial charge in [0.05, 0.1) is 12.7 Å². The van der Waals surface area contributed by atoms with Crippen LogP contribution in [0.15, 0.2) is 18.2 Å². The standard InChI is InChI=1S/C12H18O3/c1-9-8-11(10(2)14)4-5-12(9)15-7-3-6-13/h4-5,8,10,13-14H,3,6-7H2,1-2H3/t10-/m1/s1. The summed E-state index contributed by atoms with van der Waals surface area (Å²) in [4.78, 5) is 0. The molecule has 3 nitrogen and oxygen atoms in total. The fourth-order valence-corrected chi connectivity index (χ4v) is 1.34. The summed E-state index contributed by atoms with van der Waals surface area (Å²) in [7, 11) is 0. The van der Waals surface area contributed by atoms with Gasteiger partial charge in [-0.2, -0.15) is 0 Å². The molecule has 0 saturated heterocycles. The van der Waals surface area contributed by atoms with E-state index in [4.69, 9.17) is 9.84 Å². The van der Waals surface area contributed by atoms with E-state index in [-0.39, 0.29) is 6.61 Å². The van der Waals surface area contributed by atoms with E-state index in [9.17, 15) is 5.11 Å². The summed E-state index contributed by atoms with van der Waals surface area (Å²) in [5.74, 6) is 0.813. The summed E-state index contributed by atoms with van der Waals surface area (Å²) in [5, 5.41) is 18.0. The van der Waals surface area contributed by atoms with E-state index in [2.05, 4.69) is 0 Å². The lowest BCUT2D eigenvalue weighted by molar-refractivity contribution is 0.199. The third-order valence-electron chi connectivity index (χ3n) is 2.24. The Hall–Kier alpha value is -1.06. The van der Waals surface area contributed by atoms with Crippen molar-refractivity contribution >= 4 is 0 Å². The average Bonchev–Trinajstić information content (AvgIpc) is 2.20. The van der Waals surface area contributed by atoms with Crippen molar-refractivity contribution in [1.29, 1.82) is 0 Å². The van der Waals surface area contributed by atoms with Crippen molar-refractivity contribution < 1.29 is 14.9 Å². The van der Waals surface area contributed by atoms with Crippen molar-refractivity contribution in [3.63, 3.8) is 0 Å². The first-order chi connectivity index (χ1) is 7.15. The van der Waals surface area contributed by atoms with Crippen molar-refractivity contribution in [3.8, 4) is 5.75 Å². The molecule has 1 atom stereocenters. The van der Waals surface area contributed by atoms with Crippen LogP contribution in [-0.4, -0.2) is 23.4 Å². The van der Waals surface area contributed by atoms with E-state index in [1.165, 1.54) is 0 Å². The van der Waals surface area contributed by atoms with E-state index >= 15 is 0 Å². The van der Waals surface area contributed by atoms with E-state index in [0.717, 1.165) is 16.9 Å². The predicted molar refractivity (Wildman–Crippen MR) is 59.0 cm³/mol. The molecule has 3 heteroatoms.